The Kier molecular flexibility index (Phi) is 2.73. The summed E-state index contributed by atoms with van der Waals surface area (Å²) in [5.74, 6) is 0.135. The number of rotatable bonds is 2. The van der Waals surface area contributed by atoms with Crippen LogP contribution in [0.5, 0.6) is 5.75 Å². The molecule has 0 saturated carbocycles. The van der Waals surface area contributed by atoms with E-state index in [9.17, 15) is 5.11 Å². The summed E-state index contributed by atoms with van der Waals surface area (Å²) in [6.45, 7) is 1.90. The van der Waals surface area contributed by atoms with Gasteiger partial charge in [-0.1, -0.05) is 6.07 Å². The SMILES string of the molecule is Cc1ccc(N=Nc2nccs2)c(O)c1. The van der Waals surface area contributed by atoms with Crippen molar-refractivity contribution in [3.05, 3.63) is 35.3 Å². The van der Waals surface area contributed by atoms with E-state index >= 15 is 0 Å². The zero-order valence-corrected chi connectivity index (χ0v) is 8.90. The Labute approximate surface area is 91.0 Å². The van der Waals surface area contributed by atoms with E-state index in [1.54, 1.807) is 18.3 Å². The van der Waals surface area contributed by atoms with Crippen LogP contribution in [0.2, 0.25) is 0 Å². The molecule has 1 aromatic carbocycles. The van der Waals surface area contributed by atoms with E-state index in [0.717, 1.165) is 5.56 Å². The topological polar surface area (TPSA) is 57.8 Å². The fourth-order valence-electron chi connectivity index (χ4n) is 1.08. The zero-order valence-electron chi connectivity index (χ0n) is 8.08. The second-order valence-electron chi connectivity index (χ2n) is 3.01. The van der Waals surface area contributed by atoms with Crippen molar-refractivity contribution in [1.29, 1.82) is 0 Å². The summed E-state index contributed by atoms with van der Waals surface area (Å²) in [6.07, 6.45) is 1.66. The highest BCUT2D eigenvalue weighted by Crippen LogP contribution is 2.28. The molecule has 0 radical (unpaired) electrons. The first kappa shape index (κ1) is 9.79. The molecule has 0 bridgehead atoms. The van der Waals surface area contributed by atoms with Crippen LogP contribution in [0.15, 0.2) is 40.0 Å². The van der Waals surface area contributed by atoms with Crippen LogP contribution >= 0.6 is 11.3 Å². The molecule has 0 amide bonds. The van der Waals surface area contributed by atoms with Crippen LogP contribution < -0.4 is 0 Å². The highest BCUT2D eigenvalue weighted by molar-refractivity contribution is 7.13. The molecule has 5 heteroatoms. The summed E-state index contributed by atoms with van der Waals surface area (Å²) in [5, 5.41) is 19.8. The van der Waals surface area contributed by atoms with Crippen molar-refractivity contribution in [1.82, 2.24) is 4.98 Å². The summed E-state index contributed by atoms with van der Waals surface area (Å²) >= 11 is 1.40. The average molecular weight is 219 g/mol. The third kappa shape index (κ3) is 2.38. The molecule has 76 valence electrons. The Balaban J connectivity index is 2.24. The molecular weight excluding hydrogens is 210 g/mol. The second kappa shape index (κ2) is 4.18. The number of hydrogen-bond donors (Lipinski definition) is 1. The molecule has 15 heavy (non-hydrogen) atoms. The van der Waals surface area contributed by atoms with Crippen LogP contribution in [0.4, 0.5) is 10.8 Å². The number of aromatic nitrogens is 1. The molecule has 1 aromatic heterocycles. The summed E-state index contributed by atoms with van der Waals surface area (Å²) in [4.78, 5) is 3.95. The molecule has 0 aliphatic rings. The number of thiazole rings is 1. The van der Waals surface area contributed by atoms with Gasteiger partial charge in [-0.25, -0.2) is 4.98 Å². The minimum absolute atomic E-state index is 0.135. The van der Waals surface area contributed by atoms with Crippen LogP contribution in [0.25, 0.3) is 0 Å². The van der Waals surface area contributed by atoms with E-state index in [0.29, 0.717) is 10.8 Å². The Morgan fingerprint density at radius 1 is 1.33 bits per heavy atom. The van der Waals surface area contributed by atoms with Gasteiger partial charge in [-0.3, -0.25) is 0 Å². The number of azo groups is 1. The molecule has 0 saturated heterocycles. The average Bonchev–Trinajstić information content (AvgIpc) is 2.69. The molecule has 0 spiro atoms. The number of aryl methyl sites for hydroxylation is 1. The maximum atomic E-state index is 9.55. The molecule has 0 unspecified atom stereocenters. The van der Waals surface area contributed by atoms with Crippen LogP contribution in [-0.2, 0) is 0 Å². The van der Waals surface area contributed by atoms with E-state index in [2.05, 4.69) is 15.2 Å². The maximum Gasteiger partial charge on any atom is 0.229 e. The van der Waals surface area contributed by atoms with E-state index in [1.165, 1.54) is 11.3 Å². The largest absolute Gasteiger partial charge is 0.506 e. The third-order valence-electron chi connectivity index (χ3n) is 1.79. The molecule has 4 nitrogen and oxygen atoms in total. The van der Waals surface area contributed by atoms with Gasteiger partial charge >= 0.3 is 0 Å². The van der Waals surface area contributed by atoms with E-state index < -0.39 is 0 Å². The minimum atomic E-state index is 0.135. The van der Waals surface area contributed by atoms with E-state index in [1.807, 2.05) is 18.4 Å². The van der Waals surface area contributed by atoms with Crippen molar-refractivity contribution in [3.63, 3.8) is 0 Å². The van der Waals surface area contributed by atoms with E-state index in [-0.39, 0.29) is 5.75 Å². The van der Waals surface area contributed by atoms with Crippen molar-refractivity contribution in [3.8, 4) is 5.75 Å². The van der Waals surface area contributed by atoms with Gasteiger partial charge in [0.25, 0.3) is 0 Å². The van der Waals surface area contributed by atoms with Gasteiger partial charge in [0.2, 0.25) is 5.13 Å². The Hall–Kier alpha value is -1.75. The van der Waals surface area contributed by atoms with E-state index in [4.69, 9.17) is 0 Å². The number of phenols is 1. The molecule has 1 heterocycles. The molecule has 2 rings (SSSR count). The second-order valence-corrected chi connectivity index (χ2v) is 3.88. The monoisotopic (exact) mass is 219 g/mol. The lowest BCUT2D eigenvalue weighted by Crippen LogP contribution is -1.71. The highest BCUT2D eigenvalue weighted by atomic mass is 32.1. The summed E-state index contributed by atoms with van der Waals surface area (Å²) in [5.41, 5.74) is 1.44. The number of benzene rings is 1. The smallest absolute Gasteiger partial charge is 0.229 e. The van der Waals surface area contributed by atoms with Gasteiger partial charge in [-0.2, -0.15) is 0 Å². The van der Waals surface area contributed by atoms with Gasteiger partial charge in [0.1, 0.15) is 11.4 Å². The summed E-state index contributed by atoms with van der Waals surface area (Å²) < 4.78 is 0. The number of nitrogens with zero attached hydrogens (tertiary/aromatic N) is 3. The predicted molar refractivity (Wildman–Crippen MR) is 59.1 cm³/mol. The van der Waals surface area contributed by atoms with Gasteiger partial charge in [0.15, 0.2) is 0 Å². The first-order valence-corrected chi connectivity index (χ1v) is 5.24. The molecular formula is C10H9N3OS. The third-order valence-corrected chi connectivity index (χ3v) is 2.45. The van der Waals surface area contributed by atoms with Crippen molar-refractivity contribution in [2.24, 2.45) is 10.2 Å². The van der Waals surface area contributed by atoms with Gasteiger partial charge in [0.05, 0.1) is 0 Å². The van der Waals surface area contributed by atoms with Crippen LogP contribution in [-0.4, -0.2) is 10.1 Å². The number of phenolic OH excluding ortho intramolecular Hbond substituents is 1. The van der Waals surface area contributed by atoms with Crippen LogP contribution in [0.3, 0.4) is 0 Å². The van der Waals surface area contributed by atoms with Crippen molar-refractivity contribution in [2.75, 3.05) is 0 Å². The molecule has 0 fully saturated rings. The fraction of sp³-hybridized carbons (Fsp3) is 0.100. The molecule has 0 atom stereocenters. The lowest BCUT2D eigenvalue weighted by molar-refractivity contribution is 0.476. The number of hydrogen-bond acceptors (Lipinski definition) is 5. The van der Waals surface area contributed by atoms with Gasteiger partial charge in [0, 0.05) is 11.6 Å². The lowest BCUT2D eigenvalue weighted by Gasteiger charge is -1.97. The predicted octanol–water partition coefficient (Wildman–Crippen LogP) is 3.57. The molecule has 2 aromatic rings. The number of aromatic hydroxyl groups is 1. The van der Waals surface area contributed by atoms with Gasteiger partial charge in [-0.05, 0) is 24.6 Å². The standard InChI is InChI=1S/C10H9N3OS/c1-7-2-3-8(9(14)6-7)12-13-10-11-4-5-15-10/h2-6,14H,1H3. The Morgan fingerprint density at radius 2 is 2.20 bits per heavy atom. The summed E-state index contributed by atoms with van der Waals surface area (Å²) in [6, 6.07) is 5.24. The van der Waals surface area contributed by atoms with Crippen molar-refractivity contribution in [2.45, 2.75) is 6.92 Å². The van der Waals surface area contributed by atoms with Crippen molar-refractivity contribution < 1.29 is 5.11 Å². The lowest BCUT2D eigenvalue weighted by atomic mass is 10.2. The van der Waals surface area contributed by atoms with Gasteiger partial charge in [-0.15, -0.1) is 21.6 Å². The van der Waals surface area contributed by atoms with Crippen LogP contribution in [0, 0.1) is 6.92 Å². The first-order chi connectivity index (χ1) is 7.25. The highest BCUT2D eigenvalue weighted by Gasteiger charge is 1.99. The Morgan fingerprint density at radius 3 is 2.87 bits per heavy atom. The molecule has 1 N–H and O–H groups in total. The summed E-state index contributed by atoms with van der Waals surface area (Å²) in [7, 11) is 0. The van der Waals surface area contributed by atoms with Crippen LogP contribution in [0.1, 0.15) is 5.56 Å². The molecule has 0 aliphatic heterocycles. The maximum absolute atomic E-state index is 9.55. The quantitative estimate of drug-likeness (QED) is 0.785. The molecule has 0 aliphatic carbocycles. The first-order valence-electron chi connectivity index (χ1n) is 4.36. The Bertz CT molecular complexity index is 479. The fourth-order valence-corrected chi connectivity index (χ4v) is 1.53. The normalized spacial score (nSPS) is 11.0. The van der Waals surface area contributed by atoms with Crippen molar-refractivity contribution >= 4 is 22.2 Å². The van der Waals surface area contributed by atoms with Gasteiger partial charge < -0.3 is 5.11 Å². The zero-order chi connectivity index (χ0) is 10.7. The minimum Gasteiger partial charge on any atom is -0.506 e.